The fraction of sp³-hybridized carbons (Fsp3) is 0.455. The normalized spacial score (nSPS) is 13.6. The zero-order valence-corrected chi connectivity index (χ0v) is 8.88. The molecular formula is C11H14F3NO. The monoisotopic (exact) mass is 233 g/mol. The molecule has 0 heterocycles. The number of rotatable bonds is 4. The lowest BCUT2D eigenvalue weighted by molar-refractivity contribution is -0.198. The van der Waals surface area contributed by atoms with E-state index < -0.39 is 18.8 Å². The fourth-order valence-corrected chi connectivity index (χ4v) is 1.23. The van der Waals surface area contributed by atoms with Gasteiger partial charge in [0.15, 0.2) is 6.10 Å². The second-order valence-electron chi connectivity index (χ2n) is 3.49. The summed E-state index contributed by atoms with van der Waals surface area (Å²) in [6.07, 6.45) is -6.09. The number of benzene rings is 1. The van der Waals surface area contributed by atoms with E-state index in [1.807, 2.05) is 13.0 Å². The van der Waals surface area contributed by atoms with Gasteiger partial charge in [0.05, 0.1) is 0 Å². The lowest BCUT2D eigenvalue weighted by Crippen LogP contribution is -2.34. The van der Waals surface area contributed by atoms with E-state index in [2.05, 4.69) is 5.32 Å². The minimum atomic E-state index is -4.57. The summed E-state index contributed by atoms with van der Waals surface area (Å²) >= 11 is 0. The van der Waals surface area contributed by atoms with Crippen LogP contribution in [0.2, 0.25) is 0 Å². The predicted molar refractivity (Wildman–Crippen MR) is 56.4 cm³/mol. The fourth-order valence-electron chi connectivity index (χ4n) is 1.23. The van der Waals surface area contributed by atoms with E-state index in [0.29, 0.717) is 5.69 Å². The summed E-state index contributed by atoms with van der Waals surface area (Å²) in [5, 5.41) is 11.3. The Kier molecular flexibility index (Phi) is 4.18. The van der Waals surface area contributed by atoms with E-state index >= 15 is 0 Å². The van der Waals surface area contributed by atoms with Gasteiger partial charge < -0.3 is 10.4 Å². The first kappa shape index (κ1) is 12.8. The summed E-state index contributed by atoms with van der Waals surface area (Å²) in [6, 6.07) is 7.10. The Bertz CT molecular complexity index is 338. The Balaban J connectivity index is 2.54. The third kappa shape index (κ3) is 3.73. The van der Waals surface area contributed by atoms with Gasteiger partial charge in [0.2, 0.25) is 0 Å². The molecule has 2 nitrogen and oxygen atoms in total. The van der Waals surface area contributed by atoms with Crippen molar-refractivity contribution in [2.75, 3.05) is 11.9 Å². The van der Waals surface area contributed by atoms with E-state index in [0.717, 1.165) is 12.0 Å². The van der Waals surface area contributed by atoms with Crippen molar-refractivity contribution in [3.8, 4) is 0 Å². The maximum atomic E-state index is 12.0. The Labute approximate surface area is 92.1 Å². The number of anilines is 1. The van der Waals surface area contributed by atoms with Gasteiger partial charge in [-0.25, -0.2) is 0 Å². The minimum absolute atomic E-state index is 0.531. The van der Waals surface area contributed by atoms with Crippen LogP contribution in [0.1, 0.15) is 12.5 Å². The summed E-state index contributed by atoms with van der Waals surface area (Å²) in [5.74, 6) is 0. The van der Waals surface area contributed by atoms with Gasteiger partial charge in [-0.2, -0.15) is 13.2 Å². The first-order valence-electron chi connectivity index (χ1n) is 5.01. The smallest absolute Gasteiger partial charge is 0.382 e. The quantitative estimate of drug-likeness (QED) is 0.837. The van der Waals surface area contributed by atoms with Crippen LogP contribution >= 0.6 is 0 Å². The zero-order valence-electron chi connectivity index (χ0n) is 8.88. The highest BCUT2D eigenvalue weighted by atomic mass is 19.4. The number of aliphatic hydroxyl groups is 1. The molecule has 1 aromatic rings. The number of nitrogens with one attached hydrogen (secondary N) is 1. The molecule has 0 saturated heterocycles. The van der Waals surface area contributed by atoms with Crippen LogP contribution in [0.4, 0.5) is 18.9 Å². The average Bonchev–Trinajstić information content (AvgIpc) is 2.25. The second kappa shape index (κ2) is 5.21. The van der Waals surface area contributed by atoms with Gasteiger partial charge in [0.1, 0.15) is 0 Å². The Morgan fingerprint density at radius 1 is 1.38 bits per heavy atom. The third-order valence-electron chi connectivity index (χ3n) is 2.21. The molecule has 0 aromatic heterocycles. The van der Waals surface area contributed by atoms with Gasteiger partial charge in [0, 0.05) is 12.2 Å². The number of hydrogen-bond donors (Lipinski definition) is 2. The first-order chi connectivity index (χ1) is 7.43. The lowest BCUT2D eigenvalue weighted by atomic mass is 10.1. The van der Waals surface area contributed by atoms with Crippen molar-refractivity contribution in [2.24, 2.45) is 0 Å². The molecule has 1 unspecified atom stereocenters. The maximum absolute atomic E-state index is 12.0. The lowest BCUT2D eigenvalue weighted by Gasteiger charge is -2.16. The molecule has 0 fully saturated rings. The van der Waals surface area contributed by atoms with Crippen molar-refractivity contribution < 1.29 is 18.3 Å². The summed E-state index contributed by atoms with van der Waals surface area (Å²) < 4.78 is 36.0. The predicted octanol–water partition coefficient (Wildman–Crippen LogP) is 2.58. The molecule has 0 aliphatic heterocycles. The summed E-state index contributed by atoms with van der Waals surface area (Å²) in [5.41, 5.74) is 1.62. The van der Waals surface area contributed by atoms with Gasteiger partial charge in [0.25, 0.3) is 0 Å². The molecule has 0 radical (unpaired) electrons. The number of aryl methyl sites for hydroxylation is 1. The van der Waals surface area contributed by atoms with Gasteiger partial charge in [-0.15, -0.1) is 0 Å². The highest BCUT2D eigenvalue weighted by molar-refractivity contribution is 5.45. The number of hydrogen-bond acceptors (Lipinski definition) is 2. The van der Waals surface area contributed by atoms with E-state index in [4.69, 9.17) is 5.11 Å². The Morgan fingerprint density at radius 3 is 2.62 bits per heavy atom. The minimum Gasteiger partial charge on any atom is -0.382 e. The molecule has 0 amide bonds. The molecule has 5 heteroatoms. The van der Waals surface area contributed by atoms with Gasteiger partial charge in [-0.3, -0.25) is 0 Å². The topological polar surface area (TPSA) is 32.3 Å². The molecule has 0 aliphatic rings. The largest absolute Gasteiger partial charge is 0.416 e. The van der Waals surface area contributed by atoms with E-state index in [-0.39, 0.29) is 0 Å². The zero-order chi connectivity index (χ0) is 12.2. The Hall–Kier alpha value is -1.23. The molecule has 16 heavy (non-hydrogen) atoms. The van der Waals surface area contributed by atoms with Gasteiger partial charge in [-0.05, 0) is 24.1 Å². The molecule has 90 valence electrons. The van der Waals surface area contributed by atoms with Crippen LogP contribution in [-0.4, -0.2) is 23.9 Å². The van der Waals surface area contributed by atoms with Crippen molar-refractivity contribution in [3.63, 3.8) is 0 Å². The first-order valence-corrected chi connectivity index (χ1v) is 5.01. The SMILES string of the molecule is CCc1cccc(NCC(O)C(F)(F)F)c1. The van der Waals surface area contributed by atoms with Crippen LogP contribution in [0.5, 0.6) is 0 Å². The van der Waals surface area contributed by atoms with Crippen molar-refractivity contribution in [3.05, 3.63) is 29.8 Å². The van der Waals surface area contributed by atoms with Crippen molar-refractivity contribution in [2.45, 2.75) is 25.6 Å². The Morgan fingerprint density at radius 2 is 2.06 bits per heavy atom. The summed E-state index contributed by atoms with van der Waals surface area (Å²) in [6.45, 7) is 1.43. The molecular weight excluding hydrogens is 219 g/mol. The highest BCUT2D eigenvalue weighted by Gasteiger charge is 2.37. The molecule has 0 spiro atoms. The maximum Gasteiger partial charge on any atom is 0.416 e. The molecule has 0 bridgehead atoms. The summed E-state index contributed by atoms with van der Waals surface area (Å²) in [4.78, 5) is 0. The van der Waals surface area contributed by atoms with Gasteiger partial charge >= 0.3 is 6.18 Å². The second-order valence-corrected chi connectivity index (χ2v) is 3.49. The molecule has 2 N–H and O–H groups in total. The van der Waals surface area contributed by atoms with Crippen LogP contribution in [0, 0.1) is 0 Å². The van der Waals surface area contributed by atoms with E-state index in [1.54, 1.807) is 18.2 Å². The molecule has 1 aromatic carbocycles. The molecule has 0 aliphatic carbocycles. The molecule has 0 saturated carbocycles. The van der Waals surface area contributed by atoms with Crippen LogP contribution in [0.25, 0.3) is 0 Å². The van der Waals surface area contributed by atoms with Crippen molar-refractivity contribution >= 4 is 5.69 Å². The van der Waals surface area contributed by atoms with Gasteiger partial charge in [-0.1, -0.05) is 19.1 Å². The molecule has 1 rings (SSSR count). The van der Waals surface area contributed by atoms with Crippen LogP contribution in [0.15, 0.2) is 24.3 Å². The average molecular weight is 233 g/mol. The highest BCUT2D eigenvalue weighted by Crippen LogP contribution is 2.20. The van der Waals surface area contributed by atoms with Crippen molar-refractivity contribution in [1.29, 1.82) is 0 Å². The van der Waals surface area contributed by atoms with Crippen LogP contribution in [0.3, 0.4) is 0 Å². The van der Waals surface area contributed by atoms with E-state index in [1.165, 1.54) is 0 Å². The standard InChI is InChI=1S/C11H14F3NO/c1-2-8-4-3-5-9(6-8)15-7-10(16)11(12,13)14/h3-6,10,15-16H,2,7H2,1H3. The number of halogens is 3. The number of aliphatic hydroxyl groups excluding tert-OH is 1. The van der Waals surface area contributed by atoms with Crippen LogP contribution < -0.4 is 5.32 Å². The third-order valence-corrected chi connectivity index (χ3v) is 2.21. The summed E-state index contributed by atoms with van der Waals surface area (Å²) in [7, 11) is 0. The van der Waals surface area contributed by atoms with E-state index in [9.17, 15) is 13.2 Å². The van der Waals surface area contributed by atoms with Crippen molar-refractivity contribution in [1.82, 2.24) is 0 Å². The number of alkyl halides is 3. The molecule has 1 atom stereocenters. The van der Waals surface area contributed by atoms with Crippen LogP contribution in [-0.2, 0) is 6.42 Å².